The van der Waals surface area contributed by atoms with Crippen LogP contribution in [0.25, 0.3) is 0 Å². The quantitative estimate of drug-likeness (QED) is 0.797. The van der Waals surface area contributed by atoms with Gasteiger partial charge in [0.15, 0.2) is 0 Å². The van der Waals surface area contributed by atoms with Crippen LogP contribution in [0.3, 0.4) is 0 Å². The van der Waals surface area contributed by atoms with Crippen LogP contribution in [-0.2, 0) is 16.1 Å². The number of methoxy groups -OCH3 is 1. The van der Waals surface area contributed by atoms with Crippen molar-refractivity contribution in [3.8, 4) is 5.75 Å². The van der Waals surface area contributed by atoms with Crippen LogP contribution in [0.5, 0.6) is 5.75 Å². The Balaban J connectivity index is 1.42. The smallest absolute Gasteiger partial charge is 0.233 e. The van der Waals surface area contributed by atoms with E-state index >= 15 is 0 Å². The predicted octanol–water partition coefficient (Wildman–Crippen LogP) is 2.37. The molecule has 1 heterocycles. The highest BCUT2D eigenvalue weighted by atomic mass is 16.5. The molecule has 1 aliphatic heterocycles. The van der Waals surface area contributed by atoms with Gasteiger partial charge in [0.05, 0.1) is 7.11 Å². The monoisotopic (exact) mass is 367 g/mol. The van der Waals surface area contributed by atoms with Crippen molar-refractivity contribution in [3.63, 3.8) is 0 Å². The number of benzene rings is 2. The Labute approximate surface area is 159 Å². The molecule has 1 N–H and O–H groups in total. The lowest BCUT2D eigenvalue weighted by Gasteiger charge is -2.34. The molecule has 2 amide bonds. The fourth-order valence-corrected chi connectivity index (χ4v) is 3.13. The maximum Gasteiger partial charge on any atom is 0.233 e. The molecule has 0 unspecified atom stereocenters. The molecule has 0 aliphatic carbocycles. The summed E-state index contributed by atoms with van der Waals surface area (Å²) < 4.78 is 5.09. The van der Waals surface area contributed by atoms with Crippen molar-refractivity contribution in [2.75, 3.05) is 38.6 Å². The minimum Gasteiger partial charge on any atom is -0.497 e. The van der Waals surface area contributed by atoms with Crippen LogP contribution >= 0.6 is 0 Å². The third-order valence-electron chi connectivity index (χ3n) is 4.66. The third-order valence-corrected chi connectivity index (χ3v) is 4.66. The van der Waals surface area contributed by atoms with E-state index in [9.17, 15) is 9.59 Å². The third kappa shape index (κ3) is 5.56. The number of rotatable bonds is 6. The first-order chi connectivity index (χ1) is 13.1. The lowest BCUT2D eigenvalue weighted by Crippen LogP contribution is -2.48. The average molecular weight is 367 g/mol. The van der Waals surface area contributed by atoms with Gasteiger partial charge in [0.2, 0.25) is 11.8 Å². The van der Waals surface area contributed by atoms with Crippen LogP contribution in [0.1, 0.15) is 12.0 Å². The zero-order chi connectivity index (χ0) is 19.1. The van der Waals surface area contributed by atoms with Gasteiger partial charge in [-0.3, -0.25) is 14.5 Å². The van der Waals surface area contributed by atoms with E-state index in [1.807, 2.05) is 18.2 Å². The van der Waals surface area contributed by atoms with E-state index in [1.165, 1.54) is 5.56 Å². The Hall–Kier alpha value is -2.86. The molecule has 0 atom stereocenters. The zero-order valence-electron chi connectivity index (χ0n) is 15.6. The Morgan fingerprint density at radius 1 is 0.963 bits per heavy atom. The van der Waals surface area contributed by atoms with Gasteiger partial charge in [0, 0.05) is 38.4 Å². The number of carbonyl (C=O) groups is 2. The van der Waals surface area contributed by atoms with Gasteiger partial charge >= 0.3 is 0 Å². The van der Waals surface area contributed by atoms with Crippen molar-refractivity contribution in [1.29, 1.82) is 0 Å². The molecular weight excluding hydrogens is 342 g/mol. The molecule has 6 nitrogen and oxygen atoms in total. The van der Waals surface area contributed by atoms with Gasteiger partial charge in [0.1, 0.15) is 12.2 Å². The number of nitrogens with zero attached hydrogens (tertiary/aromatic N) is 2. The number of amides is 2. The summed E-state index contributed by atoms with van der Waals surface area (Å²) in [7, 11) is 1.59. The number of nitrogens with one attached hydrogen (secondary N) is 1. The van der Waals surface area contributed by atoms with Crippen LogP contribution in [0, 0.1) is 0 Å². The molecule has 27 heavy (non-hydrogen) atoms. The molecule has 0 aromatic heterocycles. The lowest BCUT2D eigenvalue weighted by molar-refractivity contribution is -0.136. The van der Waals surface area contributed by atoms with E-state index < -0.39 is 0 Å². The SMILES string of the molecule is COc1ccc(NC(=O)CC(=O)N2CCN(Cc3ccccc3)CC2)cc1. The maximum atomic E-state index is 12.4. The molecule has 0 spiro atoms. The minimum absolute atomic E-state index is 0.125. The van der Waals surface area contributed by atoms with Crippen LogP contribution in [0.4, 0.5) is 5.69 Å². The van der Waals surface area contributed by atoms with Gasteiger partial charge in [-0.1, -0.05) is 30.3 Å². The number of anilines is 1. The summed E-state index contributed by atoms with van der Waals surface area (Å²) in [6.45, 7) is 3.84. The van der Waals surface area contributed by atoms with Crippen molar-refractivity contribution in [2.24, 2.45) is 0 Å². The van der Waals surface area contributed by atoms with Gasteiger partial charge in [-0.2, -0.15) is 0 Å². The van der Waals surface area contributed by atoms with E-state index in [0.717, 1.165) is 25.4 Å². The Morgan fingerprint density at radius 3 is 2.26 bits per heavy atom. The highest BCUT2D eigenvalue weighted by Crippen LogP contribution is 2.15. The van der Waals surface area contributed by atoms with Gasteiger partial charge < -0.3 is 15.0 Å². The molecule has 1 saturated heterocycles. The van der Waals surface area contributed by atoms with Gasteiger partial charge in [0.25, 0.3) is 0 Å². The van der Waals surface area contributed by atoms with E-state index in [1.54, 1.807) is 36.3 Å². The van der Waals surface area contributed by atoms with Crippen molar-refractivity contribution < 1.29 is 14.3 Å². The first kappa shape index (κ1) is 18.9. The molecule has 142 valence electrons. The highest BCUT2D eigenvalue weighted by Gasteiger charge is 2.22. The second-order valence-electron chi connectivity index (χ2n) is 6.60. The predicted molar refractivity (Wildman–Crippen MR) is 105 cm³/mol. The van der Waals surface area contributed by atoms with Crippen molar-refractivity contribution in [1.82, 2.24) is 9.80 Å². The second-order valence-corrected chi connectivity index (χ2v) is 6.60. The van der Waals surface area contributed by atoms with Gasteiger partial charge in [-0.15, -0.1) is 0 Å². The average Bonchev–Trinajstić information content (AvgIpc) is 2.70. The van der Waals surface area contributed by atoms with E-state index in [0.29, 0.717) is 18.8 Å². The molecule has 2 aromatic carbocycles. The molecule has 1 fully saturated rings. The molecule has 0 radical (unpaired) electrons. The molecule has 1 aliphatic rings. The van der Waals surface area contributed by atoms with Crippen molar-refractivity contribution in [2.45, 2.75) is 13.0 Å². The molecule has 6 heteroatoms. The van der Waals surface area contributed by atoms with Crippen LogP contribution in [-0.4, -0.2) is 54.9 Å². The Morgan fingerprint density at radius 2 is 1.63 bits per heavy atom. The highest BCUT2D eigenvalue weighted by molar-refractivity contribution is 6.03. The number of piperazine rings is 1. The van der Waals surface area contributed by atoms with Crippen LogP contribution in [0.15, 0.2) is 54.6 Å². The second kappa shape index (κ2) is 9.19. The molecule has 0 bridgehead atoms. The summed E-state index contributed by atoms with van der Waals surface area (Å²) in [6, 6.07) is 17.4. The number of carbonyl (C=O) groups excluding carboxylic acids is 2. The summed E-state index contributed by atoms with van der Waals surface area (Å²) in [5, 5.41) is 2.75. The number of hydrogen-bond donors (Lipinski definition) is 1. The lowest BCUT2D eigenvalue weighted by atomic mass is 10.2. The standard InChI is InChI=1S/C21H25N3O3/c1-27-19-9-7-18(8-10-19)22-20(25)15-21(26)24-13-11-23(12-14-24)16-17-5-3-2-4-6-17/h2-10H,11-16H2,1H3,(H,22,25). The molecule has 3 rings (SSSR count). The molecule has 0 saturated carbocycles. The normalized spacial score (nSPS) is 14.6. The summed E-state index contributed by atoms with van der Waals surface area (Å²) >= 11 is 0. The van der Waals surface area contributed by atoms with E-state index in [4.69, 9.17) is 4.74 Å². The summed E-state index contributed by atoms with van der Waals surface area (Å²) in [4.78, 5) is 28.6. The van der Waals surface area contributed by atoms with Gasteiger partial charge in [-0.25, -0.2) is 0 Å². The zero-order valence-corrected chi connectivity index (χ0v) is 15.6. The first-order valence-electron chi connectivity index (χ1n) is 9.12. The maximum absolute atomic E-state index is 12.4. The summed E-state index contributed by atoms with van der Waals surface area (Å²) in [5.41, 5.74) is 1.93. The topological polar surface area (TPSA) is 61.9 Å². The largest absolute Gasteiger partial charge is 0.497 e. The van der Waals surface area contributed by atoms with Crippen LogP contribution < -0.4 is 10.1 Å². The van der Waals surface area contributed by atoms with Crippen molar-refractivity contribution in [3.05, 3.63) is 60.2 Å². The molecule has 2 aromatic rings. The summed E-state index contributed by atoms with van der Waals surface area (Å²) in [6.07, 6.45) is -0.134. The molecular formula is C21H25N3O3. The number of hydrogen-bond acceptors (Lipinski definition) is 4. The Bertz CT molecular complexity index is 754. The van der Waals surface area contributed by atoms with E-state index in [-0.39, 0.29) is 18.2 Å². The number of ether oxygens (including phenoxy) is 1. The fraction of sp³-hybridized carbons (Fsp3) is 0.333. The van der Waals surface area contributed by atoms with Gasteiger partial charge in [-0.05, 0) is 29.8 Å². The summed E-state index contributed by atoms with van der Waals surface area (Å²) in [5.74, 6) is 0.301. The van der Waals surface area contributed by atoms with E-state index in [2.05, 4.69) is 22.3 Å². The van der Waals surface area contributed by atoms with Crippen LogP contribution in [0.2, 0.25) is 0 Å². The minimum atomic E-state index is -0.295. The Kier molecular flexibility index (Phi) is 6.44. The fourth-order valence-electron chi connectivity index (χ4n) is 3.13. The first-order valence-corrected chi connectivity index (χ1v) is 9.12. The van der Waals surface area contributed by atoms with Crippen molar-refractivity contribution >= 4 is 17.5 Å².